The maximum atomic E-state index is 3.64. The fraction of sp³-hybridized carbons (Fsp3) is 0.647. The highest BCUT2D eigenvalue weighted by Crippen LogP contribution is 2.26. The maximum absolute atomic E-state index is 3.64. The van der Waals surface area contributed by atoms with Gasteiger partial charge in [-0.25, -0.2) is 0 Å². The van der Waals surface area contributed by atoms with Crippen molar-refractivity contribution in [2.45, 2.75) is 59.9 Å². The van der Waals surface area contributed by atoms with Crippen molar-refractivity contribution in [2.24, 2.45) is 5.92 Å². The van der Waals surface area contributed by atoms with Gasteiger partial charge in [-0.1, -0.05) is 32.0 Å². The molecule has 1 rings (SSSR count). The van der Waals surface area contributed by atoms with Gasteiger partial charge in [0.1, 0.15) is 0 Å². The summed E-state index contributed by atoms with van der Waals surface area (Å²) in [6.45, 7) is 16.7. The molecular weight excluding hydrogens is 218 g/mol. The Kier molecular flexibility index (Phi) is 4.98. The molecule has 0 aromatic heterocycles. The first kappa shape index (κ1) is 15.2. The minimum atomic E-state index is 0.187. The van der Waals surface area contributed by atoms with Gasteiger partial charge in [0.15, 0.2) is 0 Å². The molecule has 1 atom stereocenters. The van der Waals surface area contributed by atoms with Gasteiger partial charge in [-0.2, -0.15) is 0 Å². The lowest BCUT2D eigenvalue weighted by Crippen LogP contribution is -2.39. The lowest BCUT2D eigenvalue weighted by atomic mass is 9.86. The van der Waals surface area contributed by atoms with Crippen LogP contribution in [0.25, 0.3) is 0 Å². The Morgan fingerprint density at radius 3 is 2.11 bits per heavy atom. The summed E-state index contributed by atoms with van der Waals surface area (Å²) in [6, 6.07) is 6.89. The summed E-state index contributed by atoms with van der Waals surface area (Å²) < 4.78 is 0. The molecule has 0 fully saturated rings. The molecule has 0 saturated heterocycles. The molecule has 1 aromatic carbocycles. The van der Waals surface area contributed by atoms with E-state index in [1.165, 1.54) is 16.7 Å². The Morgan fingerprint density at radius 1 is 1.06 bits per heavy atom. The highest BCUT2D eigenvalue weighted by molar-refractivity contribution is 5.32. The second-order valence-corrected chi connectivity index (χ2v) is 6.83. The van der Waals surface area contributed by atoms with Crippen LogP contribution in [0.15, 0.2) is 18.2 Å². The number of nitrogens with one attached hydrogen (secondary N) is 1. The molecule has 1 unspecified atom stereocenters. The number of hydrogen-bond donors (Lipinski definition) is 1. The summed E-state index contributed by atoms with van der Waals surface area (Å²) in [5.41, 5.74) is 4.43. The molecule has 0 radical (unpaired) electrons. The van der Waals surface area contributed by atoms with Crippen LogP contribution >= 0.6 is 0 Å². The number of rotatable bonds is 4. The predicted octanol–water partition coefficient (Wildman–Crippen LogP) is 4.43. The van der Waals surface area contributed by atoms with Gasteiger partial charge in [-0.3, -0.25) is 0 Å². The second-order valence-electron chi connectivity index (χ2n) is 6.83. The van der Waals surface area contributed by atoms with E-state index >= 15 is 0 Å². The third-order valence-electron chi connectivity index (χ3n) is 3.62. The van der Waals surface area contributed by atoms with E-state index in [4.69, 9.17) is 0 Å². The summed E-state index contributed by atoms with van der Waals surface area (Å²) in [5, 5.41) is 3.64. The lowest BCUT2D eigenvalue weighted by Gasteiger charge is -2.28. The van der Waals surface area contributed by atoms with Gasteiger partial charge in [0.2, 0.25) is 0 Å². The van der Waals surface area contributed by atoms with Crippen molar-refractivity contribution in [3.8, 4) is 0 Å². The number of benzene rings is 1. The van der Waals surface area contributed by atoms with Crippen LogP contribution in [-0.2, 0) is 0 Å². The molecule has 1 N–H and O–H groups in total. The average molecular weight is 247 g/mol. The first-order valence-corrected chi connectivity index (χ1v) is 7.03. The molecule has 1 heteroatoms. The van der Waals surface area contributed by atoms with Gasteiger partial charge in [0, 0.05) is 12.1 Å². The third-order valence-corrected chi connectivity index (χ3v) is 3.62. The van der Waals surface area contributed by atoms with Gasteiger partial charge in [-0.05, 0) is 63.1 Å². The second kappa shape index (κ2) is 5.88. The Hall–Kier alpha value is -0.820. The minimum Gasteiger partial charge on any atom is -0.311 e. The van der Waals surface area contributed by atoms with Crippen LogP contribution < -0.4 is 5.32 Å². The quantitative estimate of drug-likeness (QED) is 0.830. The zero-order valence-corrected chi connectivity index (χ0v) is 13.1. The van der Waals surface area contributed by atoms with E-state index in [2.05, 4.69) is 72.0 Å². The summed E-state index contributed by atoms with van der Waals surface area (Å²) in [4.78, 5) is 0. The third kappa shape index (κ3) is 4.45. The predicted molar refractivity (Wildman–Crippen MR) is 81.3 cm³/mol. The molecule has 102 valence electrons. The molecule has 0 amide bonds. The molecule has 1 nitrogen and oxygen atoms in total. The highest BCUT2D eigenvalue weighted by atomic mass is 14.9. The smallest absolute Gasteiger partial charge is 0.00967 e. The minimum absolute atomic E-state index is 0.187. The van der Waals surface area contributed by atoms with E-state index in [0.29, 0.717) is 11.8 Å². The van der Waals surface area contributed by atoms with E-state index in [1.807, 2.05) is 0 Å². The van der Waals surface area contributed by atoms with Gasteiger partial charge in [-0.15, -0.1) is 0 Å². The van der Waals surface area contributed by atoms with E-state index in [1.54, 1.807) is 0 Å². The molecule has 0 aliphatic carbocycles. The van der Waals surface area contributed by atoms with Crippen LogP contribution in [0, 0.1) is 19.8 Å². The topological polar surface area (TPSA) is 12.0 Å². The van der Waals surface area contributed by atoms with Crippen molar-refractivity contribution >= 4 is 0 Å². The van der Waals surface area contributed by atoms with Crippen LogP contribution in [-0.4, -0.2) is 12.1 Å². The van der Waals surface area contributed by atoms with Gasteiger partial charge < -0.3 is 5.32 Å². The Labute approximate surface area is 113 Å². The summed E-state index contributed by atoms with van der Waals surface area (Å²) >= 11 is 0. The Balaban J connectivity index is 2.87. The van der Waals surface area contributed by atoms with E-state index in [9.17, 15) is 0 Å². The van der Waals surface area contributed by atoms with Crippen LogP contribution in [0.3, 0.4) is 0 Å². The SMILES string of the molecule is Cc1ccc(C(CNC(C)(C)C)C(C)C)cc1C. The van der Waals surface area contributed by atoms with E-state index in [-0.39, 0.29) is 5.54 Å². The lowest BCUT2D eigenvalue weighted by molar-refractivity contribution is 0.372. The van der Waals surface area contributed by atoms with Crippen molar-refractivity contribution < 1.29 is 0 Å². The molecule has 0 bridgehead atoms. The molecule has 0 spiro atoms. The van der Waals surface area contributed by atoms with Crippen molar-refractivity contribution in [3.05, 3.63) is 34.9 Å². The Bertz CT molecular complexity index is 385. The summed E-state index contributed by atoms with van der Waals surface area (Å²) in [5.74, 6) is 1.24. The van der Waals surface area contributed by atoms with Crippen LogP contribution in [0.5, 0.6) is 0 Å². The van der Waals surface area contributed by atoms with Crippen molar-refractivity contribution in [1.29, 1.82) is 0 Å². The molecular formula is C17H29N. The van der Waals surface area contributed by atoms with Crippen LogP contribution in [0.2, 0.25) is 0 Å². The zero-order chi connectivity index (χ0) is 13.9. The van der Waals surface area contributed by atoms with Crippen molar-refractivity contribution in [3.63, 3.8) is 0 Å². The van der Waals surface area contributed by atoms with Gasteiger partial charge >= 0.3 is 0 Å². The fourth-order valence-electron chi connectivity index (χ4n) is 2.15. The number of aryl methyl sites for hydroxylation is 2. The first-order valence-electron chi connectivity index (χ1n) is 7.03. The average Bonchev–Trinajstić information content (AvgIpc) is 2.21. The van der Waals surface area contributed by atoms with Gasteiger partial charge in [0.25, 0.3) is 0 Å². The zero-order valence-electron chi connectivity index (χ0n) is 13.1. The molecule has 0 aliphatic rings. The monoisotopic (exact) mass is 247 g/mol. The molecule has 18 heavy (non-hydrogen) atoms. The molecule has 0 saturated carbocycles. The Morgan fingerprint density at radius 2 is 1.67 bits per heavy atom. The van der Waals surface area contributed by atoms with E-state index in [0.717, 1.165) is 6.54 Å². The van der Waals surface area contributed by atoms with Crippen LogP contribution in [0.1, 0.15) is 57.2 Å². The van der Waals surface area contributed by atoms with Crippen molar-refractivity contribution in [1.82, 2.24) is 5.32 Å². The highest BCUT2D eigenvalue weighted by Gasteiger charge is 2.19. The summed E-state index contributed by atoms with van der Waals surface area (Å²) in [7, 11) is 0. The molecule has 0 heterocycles. The van der Waals surface area contributed by atoms with Gasteiger partial charge in [0.05, 0.1) is 0 Å². The maximum Gasteiger partial charge on any atom is 0.00967 e. The summed E-state index contributed by atoms with van der Waals surface area (Å²) in [6.07, 6.45) is 0. The normalized spacial score (nSPS) is 14.0. The van der Waals surface area contributed by atoms with E-state index < -0.39 is 0 Å². The van der Waals surface area contributed by atoms with Crippen LogP contribution in [0.4, 0.5) is 0 Å². The fourth-order valence-corrected chi connectivity index (χ4v) is 2.15. The van der Waals surface area contributed by atoms with Crippen molar-refractivity contribution in [2.75, 3.05) is 6.54 Å². The molecule has 1 aromatic rings. The standard InChI is InChI=1S/C17H29N/c1-12(2)16(11-18-17(5,6)7)15-9-8-13(3)14(4)10-15/h8-10,12,16,18H,11H2,1-7H3. The molecule has 0 aliphatic heterocycles. The number of hydrogen-bond acceptors (Lipinski definition) is 1. The first-order chi connectivity index (χ1) is 8.20. The largest absolute Gasteiger partial charge is 0.311 e.